The molecule has 0 radical (unpaired) electrons. The molecule has 1 aliphatic heterocycles. The second-order valence-corrected chi connectivity index (χ2v) is 7.64. The number of hydrogen-bond acceptors (Lipinski definition) is 4. The highest BCUT2D eigenvalue weighted by atomic mass is 127. The van der Waals surface area contributed by atoms with Gasteiger partial charge in [0.05, 0.1) is 0 Å². The van der Waals surface area contributed by atoms with Crippen molar-refractivity contribution >= 4 is 41.3 Å². The Kier molecular flexibility index (Phi) is 8.81. The number of aromatic nitrogens is 3. The summed E-state index contributed by atoms with van der Waals surface area (Å²) in [6.07, 6.45) is 4.99. The number of nitrogens with zero attached hydrogens (tertiary/aromatic N) is 5. The van der Waals surface area contributed by atoms with Gasteiger partial charge < -0.3 is 10.2 Å². The molecule has 0 aliphatic carbocycles. The van der Waals surface area contributed by atoms with E-state index in [0.29, 0.717) is 6.54 Å². The molecule has 0 fully saturated rings. The molecule has 0 aromatic carbocycles. The Morgan fingerprint density at radius 3 is 3.00 bits per heavy atom. The lowest BCUT2D eigenvalue weighted by Crippen LogP contribution is -2.40. The van der Waals surface area contributed by atoms with Crippen LogP contribution in [0.2, 0.25) is 0 Å². The van der Waals surface area contributed by atoms with Crippen molar-refractivity contribution in [2.75, 3.05) is 27.2 Å². The Balaban J connectivity index is 0.00000261. The second-order valence-electron chi connectivity index (χ2n) is 6.61. The summed E-state index contributed by atoms with van der Waals surface area (Å²) in [6.45, 7) is 3.15. The third-order valence-corrected chi connectivity index (χ3v) is 5.64. The SMILES string of the molecule is CN=C(NCCCn1nc2n(c1=O)CCCC2)N(C)CCc1cccs1.I. The molecule has 3 rings (SSSR count). The molecule has 2 aromatic rings. The summed E-state index contributed by atoms with van der Waals surface area (Å²) in [7, 11) is 3.86. The molecule has 1 N–H and O–H groups in total. The van der Waals surface area contributed by atoms with Crippen LogP contribution in [0.1, 0.15) is 30.0 Å². The molecule has 3 heterocycles. The van der Waals surface area contributed by atoms with Crippen LogP contribution in [0.25, 0.3) is 0 Å². The Labute approximate surface area is 181 Å². The van der Waals surface area contributed by atoms with Crippen molar-refractivity contribution in [1.29, 1.82) is 0 Å². The number of hydrogen-bond donors (Lipinski definition) is 1. The van der Waals surface area contributed by atoms with E-state index in [-0.39, 0.29) is 29.7 Å². The highest BCUT2D eigenvalue weighted by Crippen LogP contribution is 2.10. The van der Waals surface area contributed by atoms with Crippen LogP contribution in [0, 0.1) is 0 Å². The Morgan fingerprint density at radius 2 is 2.30 bits per heavy atom. The van der Waals surface area contributed by atoms with Crippen molar-refractivity contribution < 1.29 is 0 Å². The van der Waals surface area contributed by atoms with Crippen LogP contribution < -0.4 is 11.0 Å². The van der Waals surface area contributed by atoms with Gasteiger partial charge in [-0.15, -0.1) is 35.3 Å². The minimum absolute atomic E-state index is 0. The van der Waals surface area contributed by atoms with Gasteiger partial charge in [0.15, 0.2) is 5.96 Å². The molecule has 0 atom stereocenters. The molecule has 0 bridgehead atoms. The number of guanidine groups is 1. The van der Waals surface area contributed by atoms with Gasteiger partial charge in [0, 0.05) is 51.6 Å². The molecule has 27 heavy (non-hydrogen) atoms. The fraction of sp³-hybridized carbons (Fsp3) is 0.611. The number of nitrogens with one attached hydrogen (secondary N) is 1. The van der Waals surface area contributed by atoms with Gasteiger partial charge in [0.25, 0.3) is 0 Å². The summed E-state index contributed by atoms with van der Waals surface area (Å²) in [5, 5.41) is 9.97. The summed E-state index contributed by atoms with van der Waals surface area (Å²) in [5.41, 5.74) is 0.0390. The van der Waals surface area contributed by atoms with E-state index in [1.807, 2.05) is 4.57 Å². The summed E-state index contributed by atoms with van der Waals surface area (Å²) in [4.78, 5) is 20.2. The zero-order valence-electron chi connectivity index (χ0n) is 16.1. The van der Waals surface area contributed by atoms with Gasteiger partial charge in [-0.3, -0.25) is 9.56 Å². The van der Waals surface area contributed by atoms with Gasteiger partial charge in [-0.25, -0.2) is 9.48 Å². The van der Waals surface area contributed by atoms with Crippen molar-refractivity contribution in [3.8, 4) is 0 Å². The normalized spacial score (nSPS) is 13.8. The van der Waals surface area contributed by atoms with Crippen molar-refractivity contribution in [3.63, 3.8) is 0 Å². The standard InChI is InChI=1S/C18H28N6OS.HI/c1-19-17(22(2)13-9-15-7-5-14-26-15)20-10-6-12-24-18(25)23-11-4-3-8-16(23)21-24;/h5,7,14H,3-4,6,8-13H2,1-2H3,(H,19,20);1H. The molecular formula is C18H29IN6OS. The third-order valence-electron chi connectivity index (χ3n) is 4.71. The monoisotopic (exact) mass is 504 g/mol. The summed E-state index contributed by atoms with van der Waals surface area (Å²) >= 11 is 1.79. The zero-order valence-corrected chi connectivity index (χ0v) is 19.2. The van der Waals surface area contributed by atoms with Crippen LogP contribution in [0.3, 0.4) is 0 Å². The van der Waals surface area contributed by atoms with Crippen molar-refractivity contribution in [1.82, 2.24) is 24.6 Å². The van der Waals surface area contributed by atoms with Crippen molar-refractivity contribution in [2.24, 2.45) is 4.99 Å². The van der Waals surface area contributed by atoms with E-state index in [0.717, 1.165) is 63.5 Å². The molecule has 0 saturated heterocycles. The van der Waals surface area contributed by atoms with Crippen LogP contribution in [0.5, 0.6) is 0 Å². The number of thiophene rings is 1. The lowest BCUT2D eigenvalue weighted by Gasteiger charge is -2.21. The van der Waals surface area contributed by atoms with Gasteiger partial charge >= 0.3 is 5.69 Å². The Morgan fingerprint density at radius 1 is 1.44 bits per heavy atom. The fourth-order valence-corrected chi connectivity index (χ4v) is 3.94. The van der Waals surface area contributed by atoms with E-state index >= 15 is 0 Å². The molecule has 0 saturated carbocycles. The topological polar surface area (TPSA) is 67.5 Å². The Bertz CT molecular complexity index is 782. The summed E-state index contributed by atoms with van der Waals surface area (Å²) < 4.78 is 3.44. The largest absolute Gasteiger partial charge is 0.356 e. The predicted molar refractivity (Wildman–Crippen MR) is 121 cm³/mol. The van der Waals surface area contributed by atoms with E-state index in [9.17, 15) is 4.79 Å². The number of aryl methyl sites for hydroxylation is 2. The molecule has 1 aliphatic rings. The molecule has 0 amide bonds. The second kappa shape index (κ2) is 10.8. The summed E-state index contributed by atoms with van der Waals surface area (Å²) in [5.74, 6) is 1.83. The number of aliphatic imine (C=N–C) groups is 1. The first-order valence-corrected chi connectivity index (χ1v) is 10.2. The first kappa shape index (κ1) is 21.9. The van der Waals surface area contributed by atoms with Crippen molar-refractivity contribution in [2.45, 2.75) is 45.2 Å². The summed E-state index contributed by atoms with van der Waals surface area (Å²) in [6, 6.07) is 4.25. The fourth-order valence-electron chi connectivity index (χ4n) is 3.25. The van der Waals surface area contributed by atoms with Gasteiger partial charge in [0.1, 0.15) is 5.82 Å². The van der Waals surface area contributed by atoms with E-state index in [1.54, 1.807) is 23.1 Å². The predicted octanol–water partition coefficient (Wildman–Crippen LogP) is 2.20. The van der Waals surface area contributed by atoms with E-state index in [4.69, 9.17) is 0 Å². The smallest absolute Gasteiger partial charge is 0.345 e. The average Bonchev–Trinajstić information content (AvgIpc) is 3.28. The van der Waals surface area contributed by atoms with Crippen LogP contribution in [0.4, 0.5) is 0 Å². The van der Waals surface area contributed by atoms with E-state index in [1.165, 1.54) is 4.88 Å². The molecule has 0 spiro atoms. The molecule has 9 heteroatoms. The molecular weight excluding hydrogens is 475 g/mol. The maximum absolute atomic E-state index is 12.3. The number of fused-ring (bicyclic) bond motifs is 1. The lowest BCUT2D eigenvalue weighted by atomic mass is 10.2. The van der Waals surface area contributed by atoms with Gasteiger partial charge in [0.2, 0.25) is 0 Å². The minimum Gasteiger partial charge on any atom is -0.356 e. The first-order valence-electron chi connectivity index (χ1n) is 9.29. The van der Waals surface area contributed by atoms with Crippen LogP contribution in [-0.2, 0) is 25.9 Å². The number of likely N-dealkylation sites (N-methyl/N-ethyl adjacent to an activating group) is 1. The zero-order chi connectivity index (χ0) is 18.4. The Hall–Kier alpha value is -1.36. The van der Waals surface area contributed by atoms with E-state index < -0.39 is 0 Å². The maximum Gasteiger partial charge on any atom is 0.345 e. The van der Waals surface area contributed by atoms with Gasteiger partial charge in [-0.2, -0.15) is 5.10 Å². The minimum atomic E-state index is 0. The number of rotatable bonds is 7. The van der Waals surface area contributed by atoms with Gasteiger partial charge in [-0.1, -0.05) is 6.07 Å². The quantitative estimate of drug-likeness (QED) is 0.272. The maximum atomic E-state index is 12.3. The molecule has 2 aromatic heterocycles. The van der Waals surface area contributed by atoms with Crippen molar-refractivity contribution in [3.05, 3.63) is 38.7 Å². The third kappa shape index (κ3) is 5.81. The molecule has 7 nitrogen and oxygen atoms in total. The first-order chi connectivity index (χ1) is 12.7. The van der Waals surface area contributed by atoms with E-state index in [2.05, 4.69) is 44.9 Å². The number of halogens is 1. The molecule has 0 unspecified atom stereocenters. The van der Waals surface area contributed by atoms with Crippen LogP contribution in [-0.4, -0.2) is 52.4 Å². The highest BCUT2D eigenvalue weighted by molar-refractivity contribution is 14.0. The molecule has 150 valence electrons. The average molecular weight is 504 g/mol. The van der Waals surface area contributed by atoms with Crippen LogP contribution in [0.15, 0.2) is 27.3 Å². The van der Waals surface area contributed by atoms with Crippen LogP contribution >= 0.6 is 35.3 Å². The van der Waals surface area contributed by atoms with Gasteiger partial charge in [-0.05, 0) is 37.1 Å². The lowest BCUT2D eigenvalue weighted by molar-refractivity contribution is 0.478. The highest BCUT2D eigenvalue weighted by Gasteiger charge is 2.16.